The average molecular weight is 349 g/mol. The molecule has 6 nitrogen and oxygen atoms in total. The number of methoxy groups -OCH3 is 1. The highest BCUT2D eigenvalue weighted by Gasteiger charge is 2.62. The fourth-order valence-corrected chi connectivity index (χ4v) is 2.04. The Morgan fingerprint density at radius 3 is 2.08 bits per heavy atom. The first-order chi connectivity index (χ1) is 11.1. The van der Waals surface area contributed by atoms with Gasteiger partial charge in [0.1, 0.15) is 0 Å². The third-order valence-electron chi connectivity index (χ3n) is 3.29. The largest absolute Gasteiger partial charge is 0.463 e. The first kappa shape index (κ1) is 19.8. The lowest BCUT2D eigenvalue weighted by Crippen LogP contribution is -2.50. The summed E-state index contributed by atoms with van der Waals surface area (Å²) < 4.78 is 48.6. The predicted molar refractivity (Wildman–Crippen MR) is 78.5 cm³/mol. The summed E-state index contributed by atoms with van der Waals surface area (Å²) in [5.41, 5.74) is -4.25. The summed E-state index contributed by atoms with van der Waals surface area (Å²) in [5.74, 6) is -1.81. The average Bonchev–Trinajstić information content (AvgIpc) is 2.54. The van der Waals surface area contributed by atoms with Crippen LogP contribution in [0.1, 0.15) is 19.4 Å². The summed E-state index contributed by atoms with van der Waals surface area (Å²) in [6.07, 6.45) is -5.96. The third-order valence-corrected chi connectivity index (χ3v) is 3.29. The van der Waals surface area contributed by atoms with Crippen molar-refractivity contribution in [2.24, 2.45) is 0 Å². The molecule has 1 aromatic rings. The molecule has 1 aromatic carbocycles. The van der Waals surface area contributed by atoms with Gasteiger partial charge < -0.3 is 14.6 Å². The Bertz CT molecular complexity index is 588. The Kier molecular flexibility index (Phi) is 6.19. The molecular formula is C15H18F3NO5. The lowest BCUT2D eigenvalue weighted by atomic mass is 9.93. The van der Waals surface area contributed by atoms with Gasteiger partial charge >= 0.3 is 18.2 Å². The number of carbonyl (C=O) groups is 2. The zero-order valence-corrected chi connectivity index (χ0v) is 13.4. The number of alkyl halides is 3. The quantitative estimate of drug-likeness (QED) is 0.827. The van der Waals surface area contributed by atoms with Gasteiger partial charge in [0.2, 0.25) is 0 Å². The van der Waals surface area contributed by atoms with Gasteiger partial charge in [-0.1, -0.05) is 12.1 Å². The van der Waals surface area contributed by atoms with Crippen molar-refractivity contribution in [1.29, 1.82) is 0 Å². The van der Waals surface area contributed by atoms with Crippen LogP contribution in [0.25, 0.3) is 0 Å². The lowest BCUT2D eigenvalue weighted by Gasteiger charge is -2.29. The second-order valence-corrected chi connectivity index (χ2v) is 4.69. The number of carbonyl (C=O) groups excluding carboxylic acids is 2. The Hall–Kier alpha value is -2.29. The standard InChI is InChI=1S/C15H18F3NO5/c1-4-19(13(21)23-3)11-8-6-10(7-9-11)14(22,15(16,17)18)12(20)24-5-2/h6-9,22H,4-5H2,1-3H3/t14-/m0/s1. The first-order valence-corrected chi connectivity index (χ1v) is 7.05. The molecule has 0 radical (unpaired) electrons. The van der Waals surface area contributed by atoms with E-state index in [4.69, 9.17) is 0 Å². The van der Waals surface area contributed by atoms with Gasteiger partial charge in [-0.2, -0.15) is 13.2 Å². The second-order valence-electron chi connectivity index (χ2n) is 4.69. The Labute approximate surface area is 136 Å². The topological polar surface area (TPSA) is 76.1 Å². The van der Waals surface area contributed by atoms with Crippen LogP contribution in [-0.4, -0.2) is 43.6 Å². The summed E-state index contributed by atoms with van der Waals surface area (Å²) in [5, 5.41) is 9.96. The number of ether oxygens (including phenoxy) is 2. The molecule has 134 valence electrons. The number of rotatable bonds is 5. The van der Waals surface area contributed by atoms with Crippen LogP contribution in [0.4, 0.5) is 23.7 Å². The molecule has 0 aromatic heterocycles. The van der Waals surface area contributed by atoms with Gasteiger partial charge in [-0.25, -0.2) is 9.59 Å². The molecule has 0 bridgehead atoms. The highest BCUT2D eigenvalue weighted by atomic mass is 19.4. The van der Waals surface area contributed by atoms with Crippen molar-refractivity contribution in [3.05, 3.63) is 29.8 Å². The molecule has 1 amide bonds. The van der Waals surface area contributed by atoms with Crippen molar-refractivity contribution in [2.45, 2.75) is 25.6 Å². The zero-order valence-electron chi connectivity index (χ0n) is 13.4. The van der Waals surface area contributed by atoms with Crippen molar-refractivity contribution in [3.63, 3.8) is 0 Å². The molecule has 0 aliphatic rings. The summed E-state index contributed by atoms with van der Waals surface area (Å²) in [6, 6.07) is 4.16. The SMILES string of the molecule is CCOC(=O)[C@@](O)(c1ccc(N(CC)C(=O)OC)cc1)C(F)(F)F. The highest BCUT2D eigenvalue weighted by Crippen LogP contribution is 2.40. The van der Waals surface area contributed by atoms with Crippen LogP contribution in [0.5, 0.6) is 0 Å². The first-order valence-electron chi connectivity index (χ1n) is 7.05. The number of amides is 1. The molecule has 0 fully saturated rings. The van der Waals surface area contributed by atoms with E-state index >= 15 is 0 Å². The monoisotopic (exact) mass is 349 g/mol. The Morgan fingerprint density at radius 1 is 1.17 bits per heavy atom. The van der Waals surface area contributed by atoms with Gasteiger partial charge in [0.05, 0.1) is 13.7 Å². The molecule has 1 atom stereocenters. The maximum Gasteiger partial charge on any atom is 0.432 e. The summed E-state index contributed by atoms with van der Waals surface area (Å²) in [6.45, 7) is 2.87. The van der Waals surface area contributed by atoms with E-state index in [0.29, 0.717) is 0 Å². The van der Waals surface area contributed by atoms with E-state index in [0.717, 1.165) is 12.1 Å². The van der Waals surface area contributed by atoms with Crippen molar-refractivity contribution in [1.82, 2.24) is 0 Å². The van der Waals surface area contributed by atoms with E-state index in [9.17, 15) is 27.9 Å². The van der Waals surface area contributed by atoms with Crippen LogP contribution in [0.15, 0.2) is 24.3 Å². The van der Waals surface area contributed by atoms with Crippen LogP contribution in [0.2, 0.25) is 0 Å². The molecule has 0 aliphatic carbocycles. The van der Waals surface area contributed by atoms with E-state index in [1.807, 2.05) is 0 Å². The predicted octanol–water partition coefficient (Wildman–Crippen LogP) is 2.59. The van der Waals surface area contributed by atoms with E-state index in [1.165, 1.54) is 31.1 Å². The van der Waals surface area contributed by atoms with E-state index in [1.54, 1.807) is 6.92 Å². The van der Waals surface area contributed by atoms with E-state index in [-0.39, 0.29) is 18.8 Å². The van der Waals surface area contributed by atoms with Crippen LogP contribution >= 0.6 is 0 Å². The minimum Gasteiger partial charge on any atom is -0.463 e. The molecule has 24 heavy (non-hydrogen) atoms. The fraction of sp³-hybridized carbons (Fsp3) is 0.467. The molecule has 0 unspecified atom stereocenters. The number of hydrogen-bond donors (Lipinski definition) is 1. The lowest BCUT2D eigenvalue weighted by molar-refractivity contribution is -0.267. The molecule has 1 N–H and O–H groups in total. The van der Waals surface area contributed by atoms with Crippen molar-refractivity contribution in [2.75, 3.05) is 25.2 Å². The molecule has 1 rings (SSSR count). The number of benzene rings is 1. The van der Waals surface area contributed by atoms with Gasteiger partial charge in [-0.05, 0) is 26.0 Å². The van der Waals surface area contributed by atoms with Gasteiger partial charge in [0.25, 0.3) is 5.60 Å². The summed E-state index contributed by atoms with van der Waals surface area (Å²) in [7, 11) is 1.17. The van der Waals surface area contributed by atoms with Crippen molar-refractivity contribution < 1.29 is 37.3 Å². The third kappa shape index (κ3) is 3.61. The number of anilines is 1. The highest BCUT2D eigenvalue weighted by molar-refractivity contribution is 5.88. The van der Waals surface area contributed by atoms with Crippen LogP contribution < -0.4 is 4.90 Å². The molecule has 9 heteroatoms. The van der Waals surface area contributed by atoms with Crippen molar-refractivity contribution >= 4 is 17.7 Å². The van der Waals surface area contributed by atoms with Gasteiger partial charge in [-0.15, -0.1) is 0 Å². The zero-order chi connectivity index (χ0) is 18.5. The van der Waals surface area contributed by atoms with E-state index < -0.39 is 29.4 Å². The maximum atomic E-state index is 13.2. The number of esters is 1. The molecule has 0 spiro atoms. The van der Waals surface area contributed by atoms with Crippen LogP contribution in [0, 0.1) is 0 Å². The van der Waals surface area contributed by atoms with E-state index in [2.05, 4.69) is 9.47 Å². The van der Waals surface area contributed by atoms with Crippen LogP contribution in [-0.2, 0) is 19.9 Å². The Balaban J connectivity index is 3.29. The van der Waals surface area contributed by atoms with Crippen molar-refractivity contribution in [3.8, 4) is 0 Å². The minimum absolute atomic E-state index is 0.216. The van der Waals surface area contributed by atoms with Gasteiger partial charge in [0.15, 0.2) is 0 Å². The normalized spacial score (nSPS) is 13.8. The second kappa shape index (κ2) is 7.52. The van der Waals surface area contributed by atoms with Crippen LogP contribution in [0.3, 0.4) is 0 Å². The number of nitrogens with zero attached hydrogens (tertiary/aromatic N) is 1. The molecular weight excluding hydrogens is 331 g/mol. The van der Waals surface area contributed by atoms with Gasteiger partial charge in [-0.3, -0.25) is 4.90 Å². The smallest absolute Gasteiger partial charge is 0.432 e. The summed E-state index contributed by atoms with van der Waals surface area (Å²) in [4.78, 5) is 24.4. The minimum atomic E-state index is -5.27. The number of aliphatic hydroxyl groups is 1. The molecule has 0 saturated carbocycles. The summed E-state index contributed by atoms with van der Waals surface area (Å²) >= 11 is 0. The Morgan fingerprint density at radius 2 is 1.71 bits per heavy atom. The van der Waals surface area contributed by atoms with Gasteiger partial charge in [0, 0.05) is 17.8 Å². The maximum absolute atomic E-state index is 13.2. The number of halogens is 3. The fourth-order valence-electron chi connectivity index (χ4n) is 2.04. The molecule has 0 aliphatic heterocycles. The molecule has 0 saturated heterocycles. The molecule has 0 heterocycles. The number of hydrogen-bond acceptors (Lipinski definition) is 5.